The van der Waals surface area contributed by atoms with Crippen molar-refractivity contribution in [3.05, 3.63) is 29.3 Å². The van der Waals surface area contributed by atoms with Gasteiger partial charge in [0, 0.05) is 36.6 Å². The summed E-state index contributed by atoms with van der Waals surface area (Å²) in [5.41, 5.74) is 9.24. The summed E-state index contributed by atoms with van der Waals surface area (Å²) in [5, 5.41) is 8.91. The van der Waals surface area contributed by atoms with Gasteiger partial charge in [0.05, 0.1) is 6.42 Å². The third-order valence-electron chi connectivity index (χ3n) is 3.88. The molecule has 0 aliphatic heterocycles. The molecule has 0 heterocycles. The number of hydrogen-bond acceptors (Lipinski definition) is 3. The lowest BCUT2D eigenvalue weighted by Crippen LogP contribution is -2.31. The van der Waals surface area contributed by atoms with Gasteiger partial charge in [0.1, 0.15) is 0 Å². The third kappa shape index (κ3) is 5.34. The van der Waals surface area contributed by atoms with E-state index in [1.54, 1.807) is 0 Å². The molecular formula is C16H24Cl2N2O2. The standard InChI is InChI=1S/C16H24Cl2N2O2/c1-11-3-4-13(20(7-5-17)8-6-18)9-14(11)12(2)15(19)10-16(21)22/h3-4,9,12,15H,5-8,10,19H2,1-2H3,(H,21,22)/t12?,15-/m1/s1. The second-order valence-corrected chi connectivity index (χ2v) is 6.21. The monoisotopic (exact) mass is 346 g/mol. The molecule has 0 aliphatic carbocycles. The van der Waals surface area contributed by atoms with E-state index in [1.807, 2.05) is 26.0 Å². The van der Waals surface area contributed by atoms with Crippen LogP contribution in [0.15, 0.2) is 18.2 Å². The van der Waals surface area contributed by atoms with E-state index in [-0.39, 0.29) is 12.3 Å². The summed E-state index contributed by atoms with van der Waals surface area (Å²) < 4.78 is 0. The van der Waals surface area contributed by atoms with Crippen LogP contribution in [-0.2, 0) is 4.79 Å². The first-order chi connectivity index (χ1) is 10.4. The molecule has 3 N–H and O–H groups in total. The minimum absolute atomic E-state index is 0.0371. The Morgan fingerprint density at radius 2 is 1.91 bits per heavy atom. The van der Waals surface area contributed by atoms with Gasteiger partial charge in [0.15, 0.2) is 0 Å². The molecule has 124 valence electrons. The Kier molecular flexibility index (Phi) is 8.01. The summed E-state index contributed by atoms with van der Waals surface area (Å²) in [6, 6.07) is 5.72. The predicted molar refractivity (Wildman–Crippen MR) is 93.5 cm³/mol. The van der Waals surface area contributed by atoms with E-state index in [4.69, 9.17) is 34.0 Å². The van der Waals surface area contributed by atoms with E-state index in [1.165, 1.54) is 0 Å². The summed E-state index contributed by atoms with van der Waals surface area (Å²) in [6.45, 7) is 5.41. The van der Waals surface area contributed by atoms with Gasteiger partial charge < -0.3 is 15.7 Å². The SMILES string of the molecule is Cc1ccc(N(CCCl)CCCl)cc1C(C)[C@H](N)CC(=O)O. The summed E-state index contributed by atoms with van der Waals surface area (Å²) in [7, 11) is 0. The molecule has 1 aromatic rings. The molecule has 0 saturated carbocycles. The minimum Gasteiger partial charge on any atom is -0.481 e. The maximum absolute atomic E-state index is 10.9. The molecule has 0 radical (unpaired) electrons. The molecule has 0 spiro atoms. The van der Waals surface area contributed by atoms with Crippen LogP contribution in [0.1, 0.15) is 30.4 Å². The molecule has 2 atom stereocenters. The fraction of sp³-hybridized carbons (Fsp3) is 0.562. The molecule has 0 fully saturated rings. The Balaban J connectivity index is 3.04. The smallest absolute Gasteiger partial charge is 0.304 e. The number of carbonyl (C=O) groups is 1. The van der Waals surface area contributed by atoms with Gasteiger partial charge in [-0.05, 0) is 36.1 Å². The number of nitrogens with zero attached hydrogens (tertiary/aromatic N) is 1. The fourth-order valence-electron chi connectivity index (χ4n) is 2.50. The topological polar surface area (TPSA) is 66.6 Å². The van der Waals surface area contributed by atoms with E-state index < -0.39 is 12.0 Å². The maximum atomic E-state index is 10.9. The first-order valence-corrected chi connectivity index (χ1v) is 8.42. The van der Waals surface area contributed by atoms with Crippen molar-refractivity contribution >= 4 is 34.9 Å². The van der Waals surface area contributed by atoms with Crippen LogP contribution in [0.4, 0.5) is 5.69 Å². The summed E-state index contributed by atoms with van der Waals surface area (Å²) in [5.74, 6) is 0.131. The highest BCUT2D eigenvalue weighted by Gasteiger charge is 2.20. The van der Waals surface area contributed by atoms with Crippen molar-refractivity contribution in [3.63, 3.8) is 0 Å². The highest BCUT2D eigenvalue weighted by molar-refractivity contribution is 6.18. The lowest BCUT2D eigenvalue weighted by atomic mass is 9.88. The van der Waals surface area contributed by atoms with Crippen LogP contribution in [0.5, 0.6) is 0 Å². The van der Waals surface area contributed by atoms with Gasteiger partial charge in [0.2, 0.25) is 0 Å². The molecule has 1 rings (SSSR count). The van der Waals surface area contributed by atoms with Crippen LogP contribution in [0, 0.1) is 6.92 Å². The van der Waals surface area contributed by atoms with Crippen LogP contribution < -0.4 is 10.6 Å². The van der Waals surface area contributed by atoms with Crippen molar-refractivity contribution < 1.29 is 9.90 Å². The largest absolute Gasteiger partial charge is 0.481 e. The molecule has 1 unspecified atom stereocenters. The number of carboxylic acids is 1. The quantitative estimate of drug-likeness (QED) is 0.674. The Labute approximate surface area is 142 Å². The first-order valence-electron chi connectivity index (χ1n) is 7.35. The summed E-state index contributed by atoms with van der Waals surface area (Å²) in [4.78, 5) is 13.0. The fourth-order valence-corrected chi connectivity index (χ4v) is 2.91. The van der Waals surface area contributed by atoms with Crippen LogP contribution in [0.3, 0.4) is 0 Å². The number of nitrogens with two attached hydrogens (primary N) is 1. The average molecular weight is 347 g/mol. The Morgan fingerprint density at radius 3 is 2.41 bits per heavy atom. The maximum Gasteiger partial charge on any atom is 0.304 e. The second-order valence-electron chi connectivity index (χ2n) is 5.46. The average Bonchev–Trinajstić information content (AvgIpc) is 2.46. The van der Waals surface area contributed by atoms with Gasteiger partial charge in [0.25, 0.3) is 0 Å². The number of aryl methyl sites for hydroxylation is 1. The van der Waals surface area contributed by atoms with E-state index in [0.717, 1.165) is 16.8 Å². The van der Waals surface area contributed by atoms with Gasteiger partial charge in [-0.15, -0.1) is 23.2 Å². The lowest BCUT2D eigenvalue weighted by Gasteiger charge is -2.26. The molecule has 0 aromatic heterocycles. The van der Waals surface area contributed by atoms with E-state index in [2.05, 4.69) is 11.0 Å². The summed E-state index contributed by atoms with van der Waals surface area (Å²) in [6.07, 6.45) is -0.0437. The van der Waals surface area contributed by atoms with E-state index >= 15 is 0 Å². The molecule has 4 nitrogen and oxygen atoms in total. The molecule has 1 aromatic carbocycles. The molecule has 0 amide bonds. The Morgan fingerprint density at radius 1 is 1.32 bits per heavy atom. The van der Waals surface area contributed by atoms with Crippen LogP contribution in [0.25, 0.3) is 0 Å². The third-order valence-corrected chi connectivity index (χ3v) is 4.22. The predicted octanol–water partition coefficient (Wildman–Crippen LogP) is 3.18. The number of anilines is 1. The number of rotatable bonds is 9. The van der Waals surface area contributed by atoms with Crippen molar-refractivity contribution in [1.82, 2.24) is 0 Å². The van der Waals surface area contributed by atoms with Crippen molar-refractivity contribution in [1.29, 1.82) is 0 Å². The lowest BCUT2D eigenvalue weighted by molar-refractivity contribution is -0.137. The molecule has 0 aliphatic rings. The highest BCUT2D eigenvalue weighted by Crippen LogP contribution is 2.28. The zero-order chi connectivity index (χ0) is 16.7. The van der Waals surface area contributed by atoms with Crippen molar-refractivity contribution in [2.45, 2.75) is 32.2 Å². The van der Waals surface area contributed by atoms with Crippen LogP contribution in [0.2, 0.25) is 0 Å². The second kappa shape index (κ2) is 9.23. The van der Waals surface area contributed by atoms with Crippen molar-refractivity contribution in [2.24, 2.45) is 5.73 Å². The normalized spacial score (nSPS) is 13.7. The molecule has 0 bridgehead atoms. The molecule has 0 saturated heterocycles. The first kappa shape index (κ1) is 19.1. The van der Waals surface area contributed by atoms with E-state index in [9.17, 15) is 4.79 Å². The molecule has 22 heavy (non-hydrogen) atoms. The molecular weight excluding hydrogens is 323 g/mol. The van der Waals surface area contributed by atoms with Gasteiger partial charge in [-0.3, -0.25) is 4.79 Å². The Hall–Kier alpha value is -0.970. The van der Waals surface area contributed by atoms with Gasteiger partial charge in [-0.2, -0.15) is 0 Å². The van der Waals surface area contributed by atoms with Gasteiger partial charge in [-0.1, -0.05) is 13.0 Å². The zero-order valence-corrected chi connectivity index (χ0v) is 14.6. The summed E-state index contributed by atoms with van der Waals surface area (Å²) >= 11 is 11.7. The number of halogens is 2. The number of benzene rings is 1. The number of alkyl halides is 2. The highest BCUT2D eigenvalue weighted by atomic mass is 35.5. The van der Waals surface area contributed by atoms with Gasteiger partial charge >= 0.3 is 5.97 Å². The molecule has 6 heteroatoms. The van der Waals surface area contributed by atoms with Gasteiger partial charge in [-0.25, -0.2) is 0 Å². The number of carboxylic acid groups (broad SMARTS) is 1. The van der Waals surface area contributed by atoms with E-state index in [0.29, 0.717) is 24.8 Å². The zero-order valence-electron chi connectivity index (χ0n) is 13.1. The van der Waals surface area contributed by atoms with Crippen LogP contribution in [-0.4, -0.2) is 42.0 Å². The number of hydrogen-bond donors (Lipinski definition) is 2. The Bertz CT molecular complexity index is 491. The van der Waals surface area contributed by atoms with Crippen LogP contribution >= 0.6 is 23.2 Å². The number of aliphatic carboxylic acids is 1. The minimum atomic E-state index is -0.876. The van der Waals surface area contributed by atoms with Crippen molar-refractivity contribution in [2.75, 3.05) is 29.7 Å². The van der Waals surface area contributed by atoms with Crippen molar-refractivity contribution in [3.8, 4) is 0 Å².